The van der Waals surface area contributed by atoms with Crippen molar-refractivity contribution in [2.24, 2.45) is 7.05 Å². The lowest BCUT2D eigenvalue weighted by atomic mass is 9.99. The molecule has 0 atom stereocenters. The topological polar surface area (TPSA) is 60.1 Å². The van der Waals surface area contributed by atoms with E-state index in [1.807, 2.05) is 20.0 Å². The van der Waals surface area contributed by atoms with Crippen molar-refractivity contribution in [3.63, 3.8) is 0 Å². The third-order valence-electron chi connectivity index (χ3n) is 4.54. The van der Waals surface area contributed by atoms with E-state index in [0.29, 0.717) is 13.0 Å². The number of aromatic nitrogens is 2. The number of fused-ring (bicyclic) bond motifs is 1. The molecule has 0 spiro atoms. The molecule has 0 aliphatic heterocycles. The maximum Gasteiger partial charge on any atom is 0.224 e. The molecule has 24 heavy (non-hydrogen) atoms. The molecule has 1 amide bonds. The predicted molar refractivity (Wildman–Crippen MR) is 93.9 cm³/mol. The van der Waals surface area contributed by atoms with Gasteiger partial charge in [-0.1, -0.05) is 6.07 Å². The lowest BCUT2D eigenvalue weighted by molar-refractivity contribution is -0.120. The molecule has 1 N–H and O–H groups in total. The number of nitrogens with zero attached hydrogens (tertiary/aromatic N) is 2. The van der Waals surface area contributed by atoms with Crippen LogP contribution in [0.5, 0.6) is 0 Å². The molecule has 126 valence electrons. The number of carbonyl (C=O) groups is 1. The van der Waals surface area contributed by atoms with Crippen LogP contribution < -0.4 is 5.32 Å². The van der Waals surface area contributed by atoms with Gasteiger partial charge in [0.2, 0.25) is 5.91 Å². The van der Waals surface area contributed by atoms with E-state index in [1.54, 1.807) is 10.9 Å². The summed E-state index contributed by atoms with van der Waals surface area (Å²) >= 11 is 0. The number of amides is 1. The second kappa shape index (κ2) is 6.15. The zero-order valence-electron chi connectivity index (χ0n) is 14.9. The Morgan fingerprint density at radius 2 is 1.96 bits per heavy atom. The molecule has 5 heteroatoms. The minimum absolute atomic E-state index is 0.0193. The van der Waals surface area contributed by atoms with Gasteiger partial charge in [-0.2, -0.15) is 5.10 Å². The number of furan rings is 1. The van der Waals surface area contributed by atoms with Crippen LogP contribution in [0.3, 0.4) is 0 Å². The lowest BCUT2D eigenvalue weighted by Crippen LogP contribution is -2.25. The van der Waals surface area contributed by atoms with Gasteiger partial charge in [0.25, 0.3) is 0 Å². The highest BCUT2D eigenvalue weighted by molar-refractivity contribution is 5.91. The highest BCUT2D eigenvalue weighted by atomic mass is 16.3. The van der Waals surface area contributed by atoms with Gasteiger partial charge in [-0.3, -0.25) is 9.48 Å². The fourth-order valence-corrected chi connectivity index (χ4v) is 3.17. The molecule has 5 nitrogen and oxygen atoms in total. The zero-order valence-corrected chi connectivity index (χ0v) is 14.9. The third-order valence-corrected chi connectivity index (χ3v) is 4.54. The minimum Gasteiger partial charge on any atom is -0.464 e. The summed E-state index contributed by atoms with van der Waals surface area (Å²) in [5.41, 5.74) is 7.24. The molecule has 0 radical (unpaired) electrons. The predicted octanol–water partition coefficient (Wildman–Crippen LogP) is 3.26. The van der Waals surface area contributed by atoms with Crippen LogP contribution in [0, 0.1) is 27.7 Å². The number of nitrogens with one attached hydrogen (secondary N) is 1. The summed E-state index contributed by atoms with van der Waals surface area (Å²) in [6, 6.07) is 4.12. The van der Waals surface area contributed by atoms with Crippen molar-refractivity contribution in [1.29, 1.82) is 0 Å². The zero-order chi connectivity index (χ0) is 17.4. The molecule has 0 aliphatic rings. The first-order valence-corrected chi connectivity index (χ1v) is 8.10. The molecular formula is C19H23N3O2. The number of carbonyl (C=O) groups excluding carboxylic acids is 1. The number of rotatable bonds is 4. The Bertz CT molecular complexity index is 918. The van der Waals surface area contributed by atoms with Crippen LogP contribution in [0.1, 0.15) is 33.6 Å². The second-order valence-corrected chi connectivity index (χ2v) is 6.45. The fourth-order valence-electron chi connectivity index (χ4n) is 3.17. The van der Waals surface area contributed by atoms with E-state index in [4.69, 9.17) is 4.42 Å². The summed E-state index contributed by atoms with van der Waals surface area (Å²) in [5.74, 6) is -0.0193. The van der Waals surface area contributed by atoms with Crippen LogP contribution in [0.15, 0.2) is 22.8 Å². The Kier molecular flexibility index (Phi) is 4.18. The molecule has 2 aromatic heterocycles. The summed E-state index contributed by atoms with van der Waals surface area (Å²) in [4.78, 5) is 12.3. The number of hydrogen-bond donors (Lipinski definition) is 1. The van der Waals surface area contributed by atoms with E-state index in [-0.39, 0.29) is 5.91 Å². The Labute approximate surface area is 141 Å². The number of aryl methyl sites for hydroxylation is 5. The molecule has 2 heterocycles. The average Bonchev–Trinajstić information content (AvgIpc) is 3.06. The van der Waals surface area contributed by atoms with E-state index >= 15 is 0 Å². The number of benzene rings is 1. The van der Waals surface area contributed by atoms with E-state index < -0.39 is 0 Å². The Balaban J connectivity index is 1.76. The first-order chi connectivity index (χ1) is 11.4. The molecule has 0 unspecified atom stereocenters. The largest absolute Gasteiger partial charge is 0.464 e. The van der Waals surface area contributed by atoms with Crippen molar-refractivity contribution < 1.29 is 9.21 Å². The van der Waals surface area contributed by atoms with E-state index in [0.717, 1.165) is 39.0 Å². The van der Waals surface area contributed by atoms with Gasteiger partial charge in [0, 0.05) is 18.0 Å². The van der Waals surface area contributed by atoms with Crippen molar-refractivity contribution in [2.75, 3.05) is 0 Å². The van der Waals surface area contributed by atoms with Crippen molar-refractivity contribution in [3.8, 4) is 0 Å². The van der Waals surface area contributed by atoms with Crippen molar-refractivity contribution in [3.05, 3.63) is 52.0 Å². The molecule has 0 saturated heterocycles. The van der Waals surface area contributed by atoms with Gasteiger partial charge >= 0.3 is 0 Å². The molecule has 0 bridgehead atoms. The fraction of sp³-hybridized carbons (Fsp3) is 0.368. The molecule has 0 aliphatic carbocycles. The van der Waals surface area contributed by atoms with Gasteiger partial charge in [-0.15, -0.1) is 0 Å². The number of hydrogen-bond acceptors (Lipinski definition) is 3. The molecular weight excluding hydrogens is 302 g/mol. The van der Waals surface area contributed by atoms with Gasteiger partial charge in [-0.05, 0) is 50.5 Å². The van der Waals surface area contributed by atoms with E-state index in [1.165, 1.54) is 5.56 Å². The molecule has 0 fully saturated rings. The van der Waals surface area contributed by atoms with Gasteiger partial charge in [0.1, 0.15) is 5.58 Å². The quantitative estimate of drug-likeness (QED) is 0.801. The maximum atomic E-state index is 12.3. The van der Waals surface area contributed by atoms with Crippen LogP contribution in [0.25, 0.3) is 11.0 Å². The summed E-state index contributed by atoms with van der Waals surface area (Å²) in [6.07, 6.45) is 2.02. The van der Waals surface area contributed by atoms with Crippen LogP contribution in [-0.2, 0) is 24.8 Å². The Morgan fingerprint density at radius 1 is 1.21 bits per heavy atom. The van der Waals surface area contributed by atoms with Crippen LogP contribution in [-0.4, -0.2) is 15.7 Å². The van der Waals surface area contributed by atoms with Crippen LogP contribution in [0.4, 0.5) is 0 Å². The van der Waals surface area contributed by atoms with Gasteiger partial charge in [0.15, 0.2) is 0 Å². The Hall–Kier alpha value is -2.56. The normalized spacial score (nSPS) is 11.2. The monoisotopic (exact) mass is 325 g/mol. The molecule has 3 rings (SSSR count). The van der Waals surface area contributed by atoms with Gasteiger partial charge in [-0.25, -0.2) is 0 Å². The highest BCUT2D eigenvalue weighted by Crippen LogP contribution is 2.30. The van der Waals surface area contributed by atoms with Gasteiger partial charge in [0.05, 0.1) is 30.6 Å². The summed E-state index contributed by atoms with van der Waals surface area (Å²) in [5, 5.41) is 8.31. The Morgan fingerprint density at radius 3 is 2.62 bits per heavy atom. The maximum absolute atomic E-state index is 12.3. The van der Waals surface area contributed by atoms with Gasteiger partial charge < -0.3 is 9.73 Å². The lowest BCUT2D eigenvalue weighted by Gasteiger charge is -2.07. The molecule has 0 saturated carbocycles. The molecule has 3 aromatic rings. The highest BCUT2D eigenvalue weighted by Gasteiger charge is 2.15. The third kappa shape index (κ3) is 2.94. The second-order valence-electron chi connectivity index (χ2n) is 6.45. The van der Waals surface area contributed by atoms with Crippen molar-refractivity contribution >= 4 is 16.9 Å². The average molecular weight is 325 g/mol. The van der Waals surface area contributed by atoms with Crippen LogP contribution in [0.2, 0.25) is 0 Å². The first-order valence-electron chi connectivity index (χ1n) is 8.10. The van der Waals surface area contributed by atoms with E-state index in [9.17, 15) is 4.79 Å². The van der Waals surface area contributed by atoms with Crippen molar-refractivity contribution in [2.45, 2.75) is 40.7 Å². The van der Waals surface area contributed by atoms with Crippen LogP contribution >= 0.6 is 0 Å². The minimum atomic E-state index is -0.0193. The smallest absolute Gasteiger partial charge is 0.224 e. The summed E-state index contributed by atoms with van der Waals surface area (Å²) in [6.45, 7) is 8.60. The molecule has 1 aromatic carbocycles. The van der Waals surface area contributed by atoms with Crippen molar-refractivity contribution in [1.82, 2.24) is 15.1 Å². The first kappa shape index (κ1) is 16.3. The van der Waals surface area contributed by atoms with E-state index in [2.05, 4.69) is 37.3 Å². The summed E-state index contributed by atoms with van der Waals surface area (Å²) < 4.78 is 7.52. The summed E-state index contributed by atoms with van der Waals surface area (Å²) in [7, 11) is 1.88. The SMILES string of the molecule is Cc1cc(CNC(=O)Cc2coc3c(C)c(C)cc(C)c23)n(C)n1. The standard InChI is InChI=1S/C19H23N3O2/c1-11-6-12(2)18-15(10-24-19(18)14(11)4)8-17(23)20-9-16-7-13(3)21-22(16)5/h6-7,10H,8-9H2,1-5H3,(H,20,23).